The van der Waals surface area contributed by atoms with Crippen LogP contribution in [0, 0.1) is 10.1 Å². The Morgan fingerprint density at radius 2 is 1.63 bits per heavy atom. The second-order valence-corrected chi connectivity index (χ2v) is 13.2. The molecule has 1 saturated carbocycles. The van der Waals surface area contributed by atoms with Gasteiger partial charge in [0.1, 0.15) is 12.6 Å². The van der Waals surface area contributed by atoms with Crippen LogP contribution >= 0.6 is 23.2 Å². The van der Waals surface area contributed by atoms with Crippen LogP contribution in [0.25, 0.3) is 0 Å². The van der Waals surface area contributed by atoms with Gasteiger partial charge in [-0.3, -0.25) is 24.0 Å². The highest BCUT2D eigenvalue weighted by Crippen LogP contribution is 2.29. The van der Waals surface area contributed by atoms with E-state index in [4.69, 9.17) is 23.2 Å². The lowest BCUT2D eigenvalue weighted by atomic mass is 10.0. The summed E-state index contributed by atoms with van der Waals surface area (Å²) in [5.41, 5.74) is 0.787. The molecule has 1 aliphatic carbocycles. The van der Waals surface area contributed by atoms with Gasteiger partial charge in [0, 0.05) is 46.7 Å². The number of halogens is 2. The molecule has 4 rings (SSSR count). The standard InChI is InChI=1S/C30H32Cl2N4O6S/c1-43(41,42)35(23-13-7-14-24(18-23)36(39)40)20-29(37)34(19-25-26(31)15-8-16-27(25)32)28(17-21-9-3-2-4-10-21)30(38)33-22-11-5-6-12-22/h2-4,7-10,13-16,18,22,28H,5-6,11-12,17,19-20H2,1H3,(H,33,38)/t28-/m1/s1. The summed E-state index contributed by atoms with van der Waals surface area (Å²) < 4.78 is 26.6. The monoisotopic (exact) mass is 646 g/mol. The summed E-state index contributed by atoms with van der Waals surface area (Å²) >= 11 is 13.0. The minimum absolute atomic E-state index is 0.0380. The van der Waals surface area contributed by atoms with E-state index in [1.807, 2.05) is 30.3 Å². The van der Waals surface area contributed by atoms with Crippen LogP contribution < -0.4 is 9.62 Å². The number of nitro benzene ring substituents is 1. The highest BCUT2D eigenvalue weighted by molar-refractivity contribution is 7.92. The fourth-order valence-electron chi connectivity index (χ4n) is 5.15. The maximum absolute atomic E-state index is 14.2. The molecule has 1 fully saturated rings. The highest BCUT2D eigenvalue weighted by Gasteiger charge is 2.35. The van der Waals surface area contributed by atoms with Gasteiger partial charge in [-0.25, -0.2) is 8.42 Å². The van der Waals surface area contributed by atoms with E-state index in [0.717, 1.165) is 47.9 Å². The SMILES string of the molecule is CS(=O)(=O)N(CC(=O)N(Cc1c(Cl)cccc1Cl)[C@H](Cc1ccccc1)C(=O)NC1CCCC1)c1cccc([N+](=O)[O-])c1. The van der Waals surface area contributed by atoms with Crippen LogP contribution in [0.2, 0.25) is 10.0 Å². The van der Waals surface area contributed by atoms with E-state index in [1.165, 1.54) is 23.1 Å². The fraction of sp³-hybridized carbons (Fsp3) is 0.333. The molecule has 43 heavy (non-hydrogen) atoms. The summed E-state index contributed by atoms with van der Waals surface area (Å²) in [6.45, 7) is -0.899. The first-order chi connectivity index (χ1) is 20.4. The maximum atomic E-state index is 14.2. The fourth-order valence-corrected chi connectivity index (χ4v) is 6.51. The van der Waals surface area contributed by atoms with E-state index < -0.39 is 33.4 Å². The van der Waals surface area contributed by atoms with Crippen LogP contribution in [0.15, 0.2) is 72.8 Å². The Bertz CT molecular complexity index is 1560. The van der Waals surface area contributed by atoms with Crippen molar-refractivity contribution in [2.45, 2.75) is 50.7 Å². The predicted octanol–water partition coefficient (Wildman–Crippen LogP) is 5.37. The van der Waals surface area contributed by atoms with Gasteiger partial charge in [-0.1, -0.05) is 78.5 Å². The molecule has 0 bridgehead atoms. The van der Waals surface area contributed by atoms with E-state index >= 15 is 0 Å². The predicted molar refractivity (Wildman–Crippen MR) is 167 cm³/mol. The normalized spacial score (nSPS) is 14.2. The summed E-state index contributed by atoms with van der Waals surface area (Å²) in [4.78, 5) is 40.2. The molecular weight excluding hydrogens is 615 g/mol. The van der Waals surface area contributed by atoms with Gasteiger partial charge in [0.25, 0.3) is 5.69 Å². The summed E-state index contributed by atoms with van der Waals surface area (Å²) in [7, 11) is -4.09. The number of hydrogen-bond acceptors (Lipinski definition) is 6. The molecule has 0 aliphatic heterocycles. The molecule has 1 atom stereocenters. The van der Waals surface area contributed by atoms with E-state index in [-0.39, 0.29) is 46.3 Å². The number of nitro groups is 1. The molecule has 1 N–H and O–H groups in total. The Kier molecular flexibility index (Phi) is 10.6. The molecule has 228 valence electrons. The number of anilines is 1. The molecular formula is C30H32Cl2N4O6S. The highest BCUT2D eigenvalue weighted by atomic mass is 35.5. The second-order valence-electron chi connectivity index (χ2n) is 10.5. The minimum atomic E-state index is -4.09. The second kappa shape index (κ2) is 14.2. The van der Waals surface area contributed by atoms with Gasteiger partial charge in [0.15, 0.2) is 0 Å². The number of nitrogens with zero attached hydrogens (tertiary/aromatic N) is 3. The Morgan fingerprint density at radius 1 is 1.00 bits per heavy atom. The quantitative estimate of drug-likeness (QED) is 0.208. The van der Waals surface area contributed by atoms with E-state index in [0.29, 0.717) is 5.56 Å². The van der Waals surface area contributed by atoms with E-state index in [1.54, 1.807) is 18.2 Å². The van der Waals surface area contributed by atoms with Crippen LogP contribution in [0.1, 0.15) is 36.8 Å². The van der Waals surface area contributed by atoms with Gasteiger partial charge >= 0.3 is 0 Å². The molecule has 0 heterocycles. The van der Waals surface area contributed by atoms with Crippen molar-refractivity contribution in [3.63, 3.8) is 0 Å². The Morgan fingerprint density at radius 3 is 2.23 bits per heavy atom. The largest absolute Gasteiger partial charge is 0.352 e. The first-order valence-corrected chi connectivity index (χ1v) is 16.3. The molecule has 10 nitrogen and oxygen atoms in total. The van der Waals surface area contributed by atoms with Gasteiger partial charge < -0.3 is 10.2 Å². The smallest absolute Gasteiger partial charge is 0.271 e. The number of sulfonamides is 1. The molecule has 0 unspecified atom stereocenters. The number of carbonyl (C=O) groups excluding carboxylic acids is 2. The summed E-state index contributed by atoms with van der Waals surface area (Å²) in [5, 5.41) is 15.0. The maximum Gasteiger partial charge on any atom is 0.271 e. The number of benzene rings is 3. The van der Waals surface area contributed by atoms with Gasteiger partial charge in [-0.15, -0.1) is 0 Å². The van der Waals surface area contributed by atoms with Crippen molar-refractivity contribution in [1.82, 2.24) is 10.2 Å². The Labute approximate surface area is 260 Å². The summed E-state index contributed by atoms with van der Waals surface area (Å²) in [6.07, 6.45) is 4.66. The number of hydrogen-bond donors (Lipinski definition) is 1. The average molecular weight is 648 g/mol. The zero-order chi connectivity index (χ0) is 31.1. The molecule has 2 amide bonds. The van der Waals surface area contributed by atoms with Crippen molar-refractivity contribution < 1.29 is 22.9 Å². The lowest BCUT2D eigenvalue weighted by Gasteiger charge is -2.34. The van der Waals surface area contributed by atoms with Crippen molar-refractivity contribution in [2.24, 2.45) is 0 Å². The number of non-ortho nitro benzene ring substituents is 1. The summed E-state index contributed by atoms with van der Waals surface area (Å²) in [5.74, 6) is -1.09. The number of nitrogens with one attached hydrogen (secondary N) is 1. The van der Waals surface area contributed by atoms with E-state index in [9.17, 15) is 28.1 Å². The molecule has 1 aliphatic rings. The third-order valence-corrected chi connectivity index (χ3v) is 9.22. The van der Waals surface area contributed by atoms with Gasteiger partial charge in [0.2, 0.25) is 21.8 Å². The topological polar surface area (TPSA) is 130 Å². The molecule has 3 aromatic rings. The van der Waals surface area contributed by atoms with Gasteiger partial charge in [-0.05, 0) is 36.6 Å². The third kappa shape index (κ3) is 8.46. The molecule has 13 heteroatoms. The molecule has 0 aromatic heterocycles. The molecule has 0 radical (unpaired) electrons. The van der Waals surface area contributed by atoms with Crippen molar-refractivity contribution >= 4 is 56.4 Å². The van der Waals surface area contributed by atoms with Crippen LogP contribution in [0.3, 0.4) is 0 Å². The van der Waals surface area contributed by atoms with Crippen molar-refractivity contribution in [1.29, 1.82) is 0 Å². The lowest BCUT2D eigenvalue weighted by molar-refractivity contribution is -0.384. The van der Waals surface area contributed by atoms with Crippen molar-refractivity contribution in [3.8, 4) is 0 Å². The van der Waals surface area contributed by atoms with Crippen LogP contribution in [-0.2, 0) is 32.6 Å². The van der Waals surface area contributed by atoms with Crippen LogP contribution in [-0.4, -0.2) is 54.9 Å². The lowest BCUT2D eigenvalue weighted by Crippen LogP contribution is -2.54. The Hall–Kier alpha value is -3.67. The zero-order valence-corrected chi connectivity index (χ0v) is 25.8. The summed E-state index contributed by atoms with van der Waals surface area (Å²) in [6, 6.07) is 18.0. The van der Waals surface area contributed by atoms with Crippen LogP contribution in [0.4, 0.5) is 11.4 Å². The first kappa shape index (κ1) is 32.2. The van der Waals surface area contributed by atoms with E-state index in [2.05, 4.69) is 5.32 Å². The average Bonchev–Trinajstić information content (AvgIpc) is 3.48. The number of rotatable bonds is 12. The number of carbonyl (C=O) groups is 2. The molecule has 0 spiro atoms. The van der Waals surface area contributed by atoms with Crippen LogP contribution in [0.5, 0.6) is 0 Å². The molecule has 0 saturated heterocycles. The van der Waals surface area contributed by atoms with Gasteiger partial charge in [0.05, 0.1) is 16.9 Å². The third-order valence-electron chi connectivity index (χ3n) is 7.37. The number of amides is 2. The zero-order valence-electron chi connectivity index (χ0n) is 23.5. The molecule has 3 aromatic carbocycles. The van der Waals surface area contributed by atoms with Gasteiger partial charge in [-0.2, -0.15) is 0 Å². The van der Waals surface area contributed by atoms with Crippen molar-refractivity contribution in [2.75, 3.05) is 17.1 Å². The first-order valence-electron chi connectivity index (χ1n) is 13.7. The minimum Gasteiger partial charge on any atom is -0.352 e. The van der Waals surface area contributed by atoms with Crippen molar-refractivity contribution in [3.05, 3.63) is 104 Å². The Balaban J connectivity index is 1.77.